The van der Waals surface area contributed by atoms with Crippen LogP contribution < -0.4 is 4.72 Å². The van der Waals surface area contributed by atoms with Gasteiger partial charge in [0.25, 0.3) is 0 Å². The second-order valence-corrected chi connectivity index (χ2v) is 5.94. The molecule has 0 unspecified atom stereocenters. The summed E-state index contributed by atoms with van der Waals surface area (Å²) >= 11 is 1.41. The summed E-state index contributed by atoms with van der Waals surface area (Å²) in [5, 5.41) is 1.77. The lowest BCUT2D eigenvalue weighted by atomic mass is 10.3. The van der Waals surface area contributed by atoms with Crippen molar-refractivity contribution < 1.29 is 17.9 Å². The van der Waals surface area contributed by atoms with E-state index in [9.17, 15) is 13.2 Å². The number of hydrogen-bond acceptors (Lipinski definition) is 6. The molecule has 0 saturated carbocycles. The van der Waals surface area contributed by atoms with E-state index in [2.05, 4.69) is 14.4 Å². The highest BCUT2D eigenvalue weighted by Gasteiger charge is 2.11. The van der Waals surface area contributed by atoms with Crippen LogP contribution in [-0.2, 0) is 26.1 Å². The Hall–Kier alpha value is -0.990. The number of hydrogen-bond donors (Lipinski definition) is 1. The minimum absolute atomic E-state index is 0.0910. The minimum atomic E-state index is -3.35. The largest absolute Gasteiger partial charge is 0.469 e. The number of methoxy groups -OCH3 is 1. The van der Waals surface area contributed by atoms with Crippen LogP contribution in [0, 0.1) is 0 Å². The van der Waals surface area contributed by atoms with Crippen molar-refractivity contribution in [2.45, 2.75) is 19.4 Å². The number of thiazole rings is 1. The monoisotopic (exact) mass is 278 g/mol. The smallest absolute Gasteiger partial charge is 0.305 e. The van der Waals surface area contributed by atoms with Gasteiger partial charge in [-0.3, -0.25) is 4.79 Å². The molecule has 0 fully saturated rings. The Bertz CT molecular complexity index is 442. The maximum Gasteiger partial charge on any atom is 0.305 e. The van der Waals surface area contributed by atoms with Gasteiger partial charge in [-0.15, -0.1) is 11.3 Å². The summed E-state index contributed by atoms with van der Waals surface area (Å²) in [7, 11) is -2.08. The third-order valence-electron chi connectivity index (χ3n) is 1.98. The maximum atomic E-state index is 11.5. The standard InChI is InChI=1S/C9H14N2O4S2/c1-15-9(12)3-2-4-17(13,14)11-5-8-6-16-7-10-8/h6-7,11H,2-5H2,1H3. The lowest BCUT2D eigenvalue weighted by molar-refractivity contribution is -0.140. The van der Waals surface area contributed by atoms with Crippen LogP contribution in [0.4, 0.5) is 0 Å². The lowest BCUT2D eigenvalue weighted by Gasteiger charge is -2.04. The summed E-state index contributed by atoms with van der Waals surface area (Å²) in [6.07, 6.45) is 0.354. The van der Waals surface area contributed by atoms with Crippen molar-refractivity contribution in [3.05, 3.63) is 16.6 Å². The molecule has 0 bridgehead atoms. The van der Waals surface area contributed by atoms with Gasteiger partial charge in [0.2, 0.25) is 10.0 Å². The molecule has 6 nitrogen and oxygen atoms in total. The average molecular weight is 278 g/mol. The average Bonchev–Trinajstić information content (AvgIpc) is 2.79. The number of nitrogens with one attached hydrogen (secondary N) is 1. The molecular weight excluding hydrogens is 264 g/mol. The SMILES string of the molecule is COC(=O)CCCS(=O)(=O)NCc1cscn1. The van der Waals surface area contributed by atoms with Gasteiger partial charge in [0, 0.05) is 11.8 Å². The van der Waals surface area contributed by atoms with E-state index in [1.807, 2.05) is 0 Å². The number of carbonyl (C=O) groups excluding carboxylic acids is 1. The molecule has 0 aliphatic carbocycles. The molecule has 8 heteroatoms. The normalized spacial score (nSPS) is 11.4. The lowest BCUT2D eigenvalue weighted by Crippen LogP contribution is -2.26. The summed E-state index contributed by atoms with van der Waals surface area (Å²) in [5.74, 6) is -0.494. The first kappa shape index (κ1) is 14.1. The highest BCUT2D eigenvalue weighted by Crippen LogP contribution is 2.02. The van der Waals surface area contributed by atoms with Crippen molar-refractivity contribution in [2.24, 2.45) is 0 Å². The molecule has 0 amide bonds. The first-order chi connectivity index (χ1) is 8.03. The van der Waals surface area contributed by atoms with Crippen LogP contribution in [-0.4, -0.2) is 32.2 Å². The van der Waals surface area contributed by atoms with Gasteiger partial charge in [-0.1, -0.05) is 0 Å². The molecular formula is C9H14N2O4S2. The zero-order valence-corrected chi connectivity index (χ0v) is 11.0. The molecule has 96 valence electrons. The second-order valence-electron chi connectivity index (χ2n) is 3.30. The van der Waals surface area contributed by atoms with Crippen LogP contribution in [0.2, 0.25) is 0 Å². The van der Waals surface area contributed by atoms with E-state index < -0.39 is 16.0 Å². The Kier molecular flexibility index (Phi) is 5.52. The van der Waals surface area contributed by atoms with E-state index in [-0.39, 0.29) is 25.1 Å². The molecule has 0 radical (unpaired) electrons. The molecule has 0 spiro atoms. The molecule has 1 aromatic rings. The number of nitrogens with zero attached hydrogens (tertiary/aromatic N) is 1. The number of rotatable bonds is 7. The van der Waals surface area contributed by atoms with Gasteiger partial charge in [0.1, 0.15) is 0 Å². The number of carbonyl (C=O) groups is 1. The zero-order chi connectivity index (χ0) is 12.7. The van der Waals surface area contributed by atoms with Crippen molar-refractivity contribution in [3.63, 3.8) is 0 Å². The van der Waals surface area contributed by atoms with Gasteiger partial charge >= 0.3 is 5.97 Å². The molecule has 0 aromatic carbocycles. The quantitative estimate of drug-likeness (QED) is 0.735. The molecule has 0 aliphatic rings. The van der Waals surface area contributed by atoms with Gasteiger partial charge in [-0.05, 0) is 6.42 Å². The van der Waals surface area contributed by atoms with Crippen molar-refractivity contribution >= 4 is 27.3 Å². The predicted molar refractivity (Wildman–Crippen MR) is 64.0 cm³/mol. The third kappa shape index (κ3) is 5.76. The fourth-order valence-electron chi connectivity index (χ4n) is 1.09. The third-order valence-corrected chi connectivity index (χ3v) is 4.02. The van der Waals surface area contributed by atoms with Gasteiger partial charge in [-0.25, -0.2) is 18.1 Å². The van der Waals surface area contributed by atoms with Crippen LogP contribution in [0.15, 0.2) is 10.9 Å². The minimum Gasteiger partial charge on any atom is -0.469 e. The predicted octanol–water partition coefficient (Wildman–Crippen LogP) is 0.516. The molecule has 17 heavy (non-hydrogen) atoms. The van der Waals surface area contributed by atoms with Crippen LogP contribution >= 0.6 is 11.3 Å². The highest BCUT2D eigenvalue weighted by molar-refractivity contribution is 7.89. The van der Waals surface area contributed by atoms with E-state index in [1.165, 1.54) is 18.4 Å². The molecule has 0 aliphatic heterocycles. The second kappa shape index (κ2) is 6.67. The van der Waals surface area contributed by atoms with Crippen LogP contribution in [0.25, 0.3) is 0 Å². The number of sulfonamides is 1. The summed E-state index contributed by atoms with van der Waals surface area (Å²) in [4.78, 5) is 14.8. The van der Waals surface area contributed by atoms with Crippen molar-refractivity contribution in [2.75, 3.05) is 12.9 Å². The van der Waals surface area contributed by atoms with E-state index in [4.69, 9.17) is 0 Å². The van der Waals surface area contributed by atoms with E-state index in [0.29, 0.717) is 5.69 Å². The van der Waals surface area contributed by atoms with E-state index in [1.54, 1.807) is 10.9 Å². The van der Waals surface area contributed by atoms with Crippen LogP contribution in [0.5, 0.6) is 0 Å². The van der Waals surface area contributed by atoms with Crippen molar-refractivity contribution in [1.29, 1.82) is 0 Å². The summed E-state index contributed by atoms with van der Waals surface area (Å²) in [5.41, 5.74) is 2.33. The number of ether oxygens (including phenoxy) is 1. The molecule has 0 saturated heterocycles. The number of aromatic nitrogens is 1. The van der Waals surface area contributed by atoms with Gasteiger partial charge < -0.3 is 4.74 Å². The fourth-order valence-corrected chi connectivity index (χ4v) is 2.68. The fraction of sp³-hybridized carbons (Fsp3) is 0.556. The first-order valence-corrected chi connectivity index (χ1v) is 7.54. The summed E-state index contributed by atoms with van der Waals surface area (Å²) in [6, 6.07) is 0. The number of esters is 1. The highest BCUT2D eigenvalue weighted by atomic mass is 32.2. The Morgan fingerprint density at radius 2 is 2.35 bits per heavy atom. The summed E-state index contributed by atoms with van der Waals surface area (Å²) < 4.78 is 29.9. The first-order valence-electron chi connectivity index (χ1n) is 4.95. The summed E-state index contributed by atoms with van der Waals surface area (Å²) in [6.45, 7) is 0.185. The molecule has 0 atom stereocenters. The van der Waals surface area contributed by atoms with Crippen LogP contribution in [0.3, 0.4) is 0 Å². The van der Waals surface area contributed by atoms with Gasteiger partial charge in [-0.2, -0.15) is 0 Å². The molecule has 1 N–H and O–H groups in total. The van der Waals surface area contributed by atoms with Gasteiger partial charge in [0.15, 0.2) is 0 Å². The Morgan fingerprint density at radius 3 is 2.94 bits per heavy atom. The Labute approximate surface area is 104 Å². The Morgan fingerprint density at radius 1 is 1.59 bits per heavy atom. The van der Waals surface area contributed by atoms with Crippen molar-refractivity contribution in [3.8, 4) is 0 Å². The maximum absolute atomic E-state index is 11.5. The molecule has 1 aromatic heterocycles. The van der Waals surface area contributed by atoms with E-state index >= 15 is 0 Å². The molecule has 1 heterocycles. The van der Waals surface area contributed by atoms with Crippen molar-refractivity contribution in [1.82, 2.24) is 9.71 Å². The molecule has 1 rings (SSSR count). The van der Waals surface area contributed by atoms with Crippen LogP contribution in [0.1, 0.15) is 18.5 Å². The van der Waals surface area contributed by atoms with E-state index in [0.717, 1.165) is 0 Å². The topological polar surface area (TPSA) is 85.4 Å². The van der Waals surface area contributed by atoms with Gasteiger partial charge in [0.05, 0.1) is 30.6 Å². The zero-order valence-electron chi connectivity index (χ0n) is 9.38. The Balaban J connectivity index is 2.29.